The average Bonchev–Trinajstić information content (AvgIpc) is 2.88. The Morgan fingerprint density at radius 3 is 2.88 bits per heavy atom. The summed E-state index contributed by atoms with van der Waals surface area (Å²) in [5.74, 6) is -0.169. The van der Waals surface area contributed by atoms with Gasteiger partial charge in [-0.2, -0.15) is 0 Å². The van der Waals surface area contributed by atoms with E-state index in [1.165, 1.54) is 0 Å². The Morgan fingerprint density at radius 2 is 2.12 bits per heavy atom. The first-order chi connectivity index (χ1) is 10.9. The lowest BCUT2D eigenvalue weighted by Crippen LogP contribution is -2.52. The fraction of sp³-hybridized carbons (Fsp3) is 0.562. The van der Waals surface area contributed by atoms with Crippen molar-refractivity contribution < 1.29 is 12.9 Å². The minimum Gasteiger partial charge on any atom is -0.356 e. The van der Waals surface area contributed by atoms with Crippen LogP contribution in [0, 0.1) is 5.41 Å². The van der Waals surface area contributed by atoms with Crippen LogP contribution in [0.5, 0.6) is 0 Å². The van der Waals surface area contributed by atoms with Gasteiger partial charge in [-0.05, 0) is 36.9 Å². The van der Waals surface area contributed by atoms with Crippen molar-refractivity contribution in [1.29, 1.82) is 0 Å². The number of benzene rings is 1. The molecule has 1 aromatic carbocycles. The summed E-state index contributed by atoms with van der Waals surface area (Å²) >= 11 is 0. The third-order valence-electron chi connectivity index (χ3n) is 4.62. The van der Waals surface area contributed by atoms with Crippen molar-refractivity contribution >= 4 is 33.4 Å². The molecule has 2 heterocycles. The van der Waals surface area contributed by atoms with Gasteiger partial charge in [-0.1, -0.05) is 31.1 Å². The van der Waals surface area contributed by atoms with Crippen LogP contribution in [0.4, 0.5) is 0 Å². The Bertz CT molecular complexity index is 789. The van der Waals surface area contributed by atoms with Gasteiger partial charge in [0.2, 0.25) is 10.0 Å². The number of nitrogens with zero attached hydrogens (tertiary/aromatic N) is 1. The first-order valence-electron chi connectivity index (χ1n) is 7.91. The number of rotatable bonds is 5. The zero-order valence-electron chi connectivity index (χ0n) is 13.9. The SMILES string of the molecule is CC1(C)CCCNC1CNS(=O)(=O)Cc1noc2ccccc12.Cl. The molecule has 1 aliphatic rings. The topological polar surface area (TPSA) is 84.2 Å². The van der Waals surface area contributed by atoms with Crippen molar-refractivity contribution in [3.8, 4) is 0 Å². The quantitative estimate of drug-likeness (QED) is 0.840. The smallest absolute Gasteiger partial charge is 0.217 e. The lowest BCUT2D eigenvalue weighted by molar-refractivity contribution is 0.181. The van der Waals surface area contributed by atoms with Crippen LogP contribution in [0.2, 0.25) is 0 Å². The third-order valence-corrected chi connectivity index (χ3v) is 5.88. The average molecular weight is 374 g/mol. The number of aromatic nitrogens is 1. The Hall–Kier alpha value is -1.15. The number of piperidine rings is 1. The maximum atomic E-state index is 12.4. The van der Waals surface area contributed by atoms with Crippen LogP contribution in [-0.4, -0.2) is 32.7 Å². The molecule has 1 atom stereocenters. The standard InChI is InChI=1S/C16H23N3O3S.ClH/c1-16(2)8-5-9-17-15(16)10-18-23(20,21)11-13-12-6-3-4-7-14(12)22-19-13;/h3-4,6-7,15,17-18H,5,8-11H2,1-2H3;1H. The fourth-order valence-electron chi connectivity index (χ4n) is 3.10. The number of halogens is 1. The fourth-order valence-corrected chi connectivity index (χ4v) is 4.19. The summed E-state index contributed by atoms with van der Waals surface area (Å²) in [6.45, 7) is 5.67. The van der Waals surface area contributed by atoms with Crippen LogP contribution in [-0.2, 0) is 15.8 Å². The van der Waals surface area contributed by atoms with Crippen LogP contribution < -0.4 is 10.0 Å². The van der Waals surface area contributed by atoms with Gasteiger partial charge in [-0.25, -0.2) is 13.1 Å². The van der Waals surface area contributed by atoms with Gasteiger partial charge in [0.05, 0.1) is 0 Å². The second kappa shape index (κ2) is 7.39. The van der Waals surface area contributed by atoms with E-state index in [0.717, 1.165) is 24.8 Å². The number of fused-ring (bicyclic) bond motifs is 1. The summed E-state index contributed by atoms with van der Waals surface area (Å²) in [6.07, 6.45) is 2.22. The van der Waals surface area contributed by atoms with Crippen LogP contribution in [0.25, 0.3) is 11.0 Å². The van der Waals surface area contributed by atoms with Gasteiger partial charge in [-0.15, -0.1) is 12.4 Å². The predicted molar refractivity (Wildman–Crippen MR) is 96.7 cm³/mol. The molecule has 1 fully saturated rings. The number of hydrogen-bond donors (Lipinski definition) is 2. The van der Waals surface area contributed by atoms with E-state index >= 15 is 0 Å². The summed E-state index contributed by atoms with van der Waals surface area (Å²) in [5.41, 5.74) is 1.14. The second-order valence-electron chi connectivity index (χ2n) is 6.83. The zero-order valence-corrected chi connectivity index (χ0v) is 15.5. The van der Waals surface area contributed by atoms with Crippen molar-refractivity contribution in [1.82, 2.24) is 15.2 Å². The van der Waals surface area contributed by atoms with Crippen molar-refractivity contribution in [3.05, 3.63) is 30.0 Å². The van der Waals surface area contributed by atoms with Crippen molar-refractivity contribution in [3.63, 3.8) is 0 Å². The number of nitrogens with one attached hydrogen (secondary N) is 2. The van der Waals surface area contributed by atoms with E-state index in [4.69, 9.17) is 4.52 Å². The molecule has 2 aromatic rings. The number of hydrogen-bond acceptors (Lipinski definition) is 5. The molecule has 2 N–H and O–H groups in total. The molecular formula is C16H24ClN3O3S. The van der Waals surface area contributed by atoms with Crippen molar-refractivity contribution in [2.24, 2.45) is 5.41 Å². The molecule has 3 rings (SSSR count). The van der Waals surface area contributed by atoms with Gasteiger partial charge in [0.25, 0.3) is 0 Å². The van der Waals surface area contributed by atoms with Gasteiger partial charge in [-0.3, -0.25) is 0 Å². The highest BCUT2D eigenvalue weighted by molar-refractivity contribution is 7.88. The van der Waals surface area contributed by atoms with E-state index in [0.29, 0.717) is 17.8 Å². The van der Waals surface area contributed by atoms with Gasteiger partial charge >= 0.3 is 0 Å². The Labute approximate surface area is 148 Å². The molecule has 8 heteroatoms. The highest BCUT2D eigenvalue weighted by Gasteiger charge is 2.32. The molecule has 0 aliphatic carbocycles. The maximum Gasteiger partial charge on any atom is 0.217 e. The molecule has 134 valence electrons. The lowest BCUT2D eigenvalue weighted by Gasteiger charge is -2.39. The normalized spacial score (nSPS) is 20.7. The van der Waals surface area contributed by atoms with Crippen LogP contribution >= 0.6 is 12.4 Å². The Balaban J connectivity index is 0.00000208. The van der Waals surface area contributed by atoms with E-state index in [-0.39, 0.29) is 29.6 Å². The van der Waals surface area contributed by atoms with Crippen LogP contribution in [0.1, 0.15) is 32.4 Å². The summed E-state index contributed by atoms with van der Waals surface area (Å²) in [7, 11) is -3.46. The molecule has 24 heavy (non-hydrogen) atoms. The molecule has 0 saturated carbocycles. The summed E-state index contributed by atoms with van der Waals surface area (Å²) in [4.78, 5) is 0. The Morgan fingerprint density at radius 1 is 1.38 bits per heavy atom. The minimum atomic E-state index is -3.46. The van der Waals surface area contributed by atoms with Crippen LogP contribution in [0.15, 0.2) is 28.8 Å². The molecule has 1 saturated heterocycles. The van der Waals surface area contributed by atoms with Crippen molar-refractivity contribution in [2.75, 3.05) is 13.1 Å². The molecule has 0 radical (unpaired) electrons. The third kappa shape index (κ3) is 4.27. The molecule has 0 bridgehead atoms. The Kier molecular flexibility index (Phi) is 5.91. The minimum absolute atomic E-state index is 0. The first-order valence-corrected chi connectivity index (χ1v) is 9.57. The molecule has 1 unspecified atom stereocenters. The van der Waals surface area contributed by atoms with Gasteiger partial charge in [0.15, 0.2) is 5.58 Å². The zero-order chi connectivity index (χ0) is 16.5. The molecule has 0 spiro atoms. The van der Waals surface area contributed by atoms with E-state index < -0.39 is 10.0 Å². The maximum absolute atomic E-state index is 12.4. The summed E-state index contributed by atoms with van der Waals surface area (Å²) in [6, 6.07) is 7.42. The largest absolute Gasteiger partial charge is 0.356 e. The molecule has 1 aliphatic heterocycles. The van der Waals surface area contributed by atoms with E-state index in [1.54, 1.807) is 6.07 Å². The van der Waals surface area contributed by atoms with E-state index in [2.05, 4.69) is 29.0 Å². The number of sulfonamides is 1. The van der Waals surface area contributed by atoms with Crippen LogP contribution in [0.3, 0.4) is 0 Å². The lowest BCUT2D eigenvalue weighted by atomic mass is 9.78. The van der Waals surface area contributed by atoms with Crippen molar-refractivity contribution in [2.45, 2.75) is 38.5 Å². The van der Waals surface area contributed by atoms with E-state index in [1.807, 2.05) is 18.2 Å². The predicted octanol–water partition coefficient (Wildman–Crippen LogP) is 2.45. The van der Waals surface area contributed by atoms with E-state index in [9.17, 15) is 8.42 Å². The molecule has 6 nitrogen and oxygen atoms in total. The van der Waals surface area contributed by atoms with Gasteiger partial charge in [0, 0.05) is 18.0 Å². The molecular weight excluding hydrogens is 350 g/mol. The van der Waals surface area contributed by atoms with Gasteiger partial charge in [0.1, 0.15) is 11.4 Å². The monoisotopic (exact) mass is 373 g/mol. The first kappa shape index (κ1) is 19.2. The highest BCUT2D eigenvalue weighted by atomic mass is 35.5. The summed E-state index contributed by atoms with van der Waals surface area (Å²) in [5, 5.41) is 8.05. The number of para-hydroxylation sites is 1. The second-order valence-corrected chi connectivity index (χ2v) is 8.64. The summed E-state index contributed by atoms with van der Waals surface area (Å²) < 4.78 is 32.6. The molecule has 1 aromatic heterocycles. The van der Waals surface area contributed by atoms with Gasteiger partial charge < -0.3 is 9.84 Å². The molecule has 0 amide bonds. The highest BCUT2D eigenvalue weighted by Crippen LogP contribution is 2.29.